The number of rotatable bonds is 8. The van der Waals surface area contributed by atoms with E-state index in [1.807, 2.05) is 6.07 Å². The van der Waals surface area contributed by atoms with Gasteiger partial charge in [0, 0.05) is 0 Å². The zero-order chi connectivity index (χ0) is 19.7. The summed E-state index contributed by atoms with van der Waals surface area (Å²) in [5, 5.41) is 9.07. The van der Waals surface area contributed by atoms with Crippen LogP contribution in [0, 0.1) is 0 Å². The van der Waals surface area contributed by atoms with Gasteiger partial charge < -0.3 is 0 Å². The van der Waals surface area contributed by atoms with Crippen LogP contribution in [0.15, 0.2) is 35.1 Å². The molecule has 0 atom stereocenters. The topological polar surface area (TPSA) is 79.1 Å². The Hall–Kier alpha value is -2.05. The van der Waals surface area contributed by atoms with Gasteiger partial charge in [0.1, 0.15) is 0 Å². The molecule has 2 aromatic carbocycles. The molecule has 7 heteroatoms. The van der Waals surface area contributed by atoms with Crippen LogP contribution in [0.3, 0.4) is 0 Å². The number of nitrogens with one attached hydrogen (secondary N) is 2. The Labute approximate surface area is 170 Å². The van der Waals surface area contributed by atoms with Crippen molar-refractivity contribution in [2.24, 2.45) is 5.73 Å². The summed E-state index contributed by atoms with van der Waals surface area (Å²) < 4.78 is 4.66. The van der Waals surface area contributed by atoms with Gasteiger partial charge in [0.05, 0.1) is 0 Å². The van der Waals surface area contributed by atoms with Gasteiger partial charge in [0.15, 0.2) is 0 Å². The average Bonchev–Trinajstić information content (AvgIpc) is 3.08. The molecule has 28 heavy (non-hydrogen) atoms. The summed E-state index contributed by atoms with van der Waals surface area (Å²) in [7, 11) is 0. The molecule has 2 aromatic heterocycles. The van der Waals surface area contributed by atoms with Gasteiger partial charge in [-0.2, -0.15) is 0 Å². The molecule has 0 amide bonds. The Bertz CT molecular complexity index is 1170. The van der Waals surface area contributed by atoms with Crippen molar-refractivity contribution in [2.75, 3.05) is 38.0 Å². The van der Waals surface area contributed by atoms with Crippen molar-refractivity contribution in [1.29, 1.82) is 0 Å². The van der Waals surface area contributed by atoms with Crippen molar-refractivity contribution < 1.29 is 0 Å². The fraction of sp³-hybridized carbons (Fsp3) is 0.381. The Morgan fingerprint density at radius 1 is 1.18 bits per heavy atom. The third kappa shape index (κ3) is 3.29. The minimum absolute atomic E-state index is 0.0814. The number of benzene rings is 2. The average molecular weight is 444 g/mol. The zero-order valence-electron chi connectivity index (χ0n) is 16.4. The molecule has 0 aliphatic carbocycles. The Morgan fingerprint density at radius 3 is 2.75 bits per heavy atom. The molecule has 0 aliphatic heterocycles. The minimum atomic E-state index is 0.0814. The van der Waals surface area contributed by atoms with E-state index in [-0.39, 0.29) is 19.9 Å². The van der Waals surface area contributed by atoms with Crippen LogP contribution >= 0.6 is 0 Å². The van der Waals surface area contributed by atoms with E-state index in [0.717, 1.165) is 53.6 Å². The molecular weight excluding hydrogens is 417 g/mol. The Kier molecular flexibility index (Phi) is 5.60. The van der Waals surface area contributed by atoms with E-state index in [0.29, 0.717) is 6.54 Å². The molecule has 0 spiro atoms. The van der Waals surface area contributed by atoms with Crippen LogP contribution < -0.4 is 16.5 Å². The fourth-order valence-electron chi connectivity index (χ4n) is 3.83. The van der Waals surface area contributed by atoms with Crippen molar-refractivity contribution in [3.63, 3.8) is 0 Å². The van der Waals surface area contributed by atoms with E-state index in [4.69, 9.17) is 5.73 Å². The molecule has 0 saturated heterocycles. The number of likely N-dealkylation sites (N-methyl/N-ethyl adjacent to an activating group) is 1. The maximum absolute atomic E-state index is 12.7. The van der Waals surface area contributed by atoms with Crippen molar-refractivity contribution in [1.82, 2.24) is 14.7 Å². The van der Waals surface area contributed by atoms with Gasteiger partial charge in [-0.3, -0.25) is 0 Å². The number of aromatic amines is 1. The Morgan fingerprint density at radius 2 is 2.00 bits per heavy atom. The van der Waals surface area contributed by atoms with Crippen LogP contribution in [0.25, 0.3) is 30.3 Å². The number of nitrogens with two attached hydrogens (primary N) is 1. The van der Waals surface area contributed by atoms with E-state index in [2.05, 4.69) is 52.0 Å². The predicted octanol–water partition coefficient (Wildman–Crippen LogP) is 2.41. The SMILES string of the molecule is CCN(CC)CCn1[nH]c2c3c(=O)cccc3[se]c3c(NCCN)ccc1c32. The summed E-state index contributed by atoms with van der Waals surface area (Å²) in [5.74, 6) is 0. The molecule has 6 nitrogen and oxygen atoms in total. The normalized spacial score (nSPS) is 12.0. The first-order chi connectivity index (χ1) is 13.7. The zero-order valence-corrected chi connectivity index (χ0v) is 18.1. The molecule has 4 aromatic rings. The number of hydrogen-bond donors (Lipinski definition) is 3. The molecular formula is C21H27N5OSe. The number of aromatic nitrogens is 2. The van der Waals surface area contributed by atoms with Crippen molar-refractivity contribution in [3.05, 3.63) is 40.6 Å². The first-order valence-corrected chi connectivity index (χ1v) is 11.6. The second-order valence-corrected chi connectivity index (χ2v) is 9.16. The molecule has 0 bridgehead atoms. The first-order valence-electron chi connectivity index (χ1n) is 9.91. The van der Waals surface area contributed by atoms with Gasteiger partial charge in [0.2, 0.25) is 0 Å². The molecule has 148 valence electrons. The van der Waals surface area contributed by atoms with Gasteiger partial charge in [0.25, 0.3) is 0 Å². The summed E-state index contributed by atoms with van der Waals surface area (Å²) in [6.45, 7) is 9.64. The van der Waals surface area contributed by atoms with Crippen LogP contribution in [0.1, 0.15) is 13.8 Å². The number of nitrogens with zero attached hydrogens (tertiary/aromatic N) is 2. The van der Waals surface area contributed by atoms with Crippen LogP contribution in [0.5, 0.6) is 0 Å². The van der Waals surface area contributed by atoms with E-state index >= 15 is 0 Å². The second kappa shape index (κ2) is 8.13. The third-order valence-electron chi connectivity index (χ3n) is 5.37. The van der Waals surface area contributed by atoms with E-state index < -0.39 is 0 Å². The number of H-pyrrole nitrogens is 1. The van der Waals surface area contributed by atoms with Crippen molar-refractivity contribution >= 4 is 50.5 Å². The molecule has 0 saturated carbocycles. The summed E-state index contributed by atoms with van der Waals surface area (Å²) >= 11 is 0.0814. The van der Waals surface area contributed by atoms with Gasteiger partial charge in [-0.1, -0.05) is 0 Å². The van der Waals surface area contributed by atoms with Crippen molar-refractivity contribution in [3.8, 4) is 0 Å². The first kappa shape index (κ1) is 19.3. The molecule has 4 N–H and O–H groups in total. The van der Waals surface area contributed by atoms with Crippen molar-refractivity contribution in [2.45, 2.75) is 20.4 Å². The van der Waals surface area contributed by atoms with E-state index in [1.165, 1.54) is 15.2 Å². The maximum atomic E-state index is 12.7. The standard InChI is InChI=1S/C21H27N5OSe/c1-3-25(4-2)12-13-26-15-9-8-14(23-11-10-22)21-18(15)20(24-26)19-16(27)6-5-7-17(19)28-21/h5-9,23-24H,3-4,10-13,22H2,1-2H3. The Balaban J connectivity index is 1.95. The number of fused-ring (bicyclic) bond motifs is 2. The molecule has 0 fully saturated rings. The van der Waals surface area contributed by atoms with Gasteiger partial charge in [-0.05, 0) is 0 Å². The monoisotopic (exact) mass is 445 g/mol. The summed E-state index contributed by atoms with van der Waals surface area (Å²) in [6.07, 6.45) is 0. The van der Waals surface area contributed by atoms with Crippen LogP contribution in [0.2, 0.25) is 0 Å². The predicted molar refractivity (Wildman–Crippen MR) is 120 cm³/mol. The van der Waals surface area contributed by atoms with Crippen LogP contribution in [0.4, 0.5) is 5.69 Å². The molecule has 0 unspecified atom stereocenters. The van der Waals surface area contributed by atoms with Crippen LogP contribution in [-0.4, -0.2) is 61.9 Å². The van der Waals surface area contributed by atoms with Gasteiger partial charge in [-0.15, -0.1) is 0 Å². The molecule has 4 rings (SSSR count). The fourth-order valence-corrected chi connectivity index (χ4v) is 6.41. The van der Waals surface area contributed by atoms with Crippen LogP contribution in [-0.2, 0) is 6.54 Å². The quantitative estimate of drug-likeness (QED) is 0.288. The molecule has 0 aliphatic rings. The summed E-state index contributed by atoms with van der Waals surface area (Å²) in [5.41, 5.74) is 9.08. The molecule has 2 heterocycles. The second-order valence-electron chi connectivity index (χ2n) is 6.95. The third-order valence-corrected chi connectivity index (χ3v) is 7.86. The molecule has 0 radical (unpaired) electrons. The number of anilines is 1. The van der Waals surface area contributed by atoms with Gasteiger partial charge >= 0.3 is 170 Å². The van der Waals surface area contributed by atoms with Gasteiger partial charge in [-0.25, -0.2) is 0 Å². The number of hydrogen-bond acceptors (Lipinski definition) is 4. The van der Waals surface area contributed by atoms with E-state index in [9.17, 15) is 4.79 Å². The summed E-state index contributed by atoms with van der Waals surface area (Å²) in [4.78, 5) is 15.1. The van der Waals surface area contributed by atoms with E-state index in [1.54, 1.807) is 6.07 Å². The summed E-state index contributed by atoms with van der Waals surface area (Å²) in [6, 6.07) is 9.95.